The van der Waals surface area contributed by atoms with Gasteiger partial charge in [0.05, 0.1) is 24.8 Å². The maximum absolute atomic E-state index is 12.0. The van der Waals surface area contributed by atoms with Gasteiger partial charge in [0.15, 0.2) is 0 Å². The van der Waals surface area contributed by atoms with Crippen LogP contribution in [0, 0.1) is 6.92 Å². The first kappa shape index (κ1) is 18.8. The van der Waals surface area contributed by atoms with E-state index in [1.807, 2.05) is 73.7 Å². The Hall–Kier alpha value is -2.99. The van der Waals surface area contributed by atoms with Gasteiger partial charge in [0.2, 0.25) is 5.91 Å². The first-order chi connectivity index (χ1) is 13.2. The first-order valence-electron chi connectivity index (χ1n) is 8.50. The zero-order valence-electron chi connectivity index (χ0n) is 15.3. The summed E-state index contributed by atoms with van der Waals surface area (Å²) in [5, 5.41) is 4.10. The van der Waals surface area contributed by atoms with Crippen LogP contribution >= 0.6 is 11.8 Å². The highest BCUT2D eigenvalue weighted by Gasteiger charge is 2.06. The molecule has 0 aliphatic heterocycles. The molecule has 5 nitrogen and oxygen atoms in total. The number of para-hydroxylation sites is 1. The minimum absolute atomic E-state index is 0.151. The second kappa shape index (κ2) is 9.09. The van der Waals surface area contributed by atoms with Crippen molar-refractivity contribution < 1.29 is 9.53 Å². The van der Waals surface area contributed by atoms with Crippen molar-refractivity contribution in [3.63, 3.8) is 0 Å². The van der Waals surface area contributed by atoms with Gasteiger partial charge in [-0.3, -0.25) is 4.79 Å². The van der Waals surface area contributed by atoms with Crippen LogP contribution in [0.2, 0.25) is 0 Å². The summed E-state index contributed by atoms with van der Waals surface area (Å²) < 4.78 is 7.21. The van der Waals surface area contributed by atoms with Crippen molar-refractivity contribution >= 4 is 23.9 Å². The molecule has 1 heterocycles. The van der Waals surface area contributed by atoms with E-state index in [0.717, 1.165) is 27.7 Å². The molecule has 1 amide bonds. The molecule has 27 heavy (non-hydrogen) atoms. The van der Waals surface area contributed by atoms with Crippen molar-refractivity contribution in [3.8, 4) is 11.4 Å². The fourth-order valence-electron chi connectivity index (χ4n) is 2.61. The standard InChI is InChI=1S/C21H21N3O2S/c1-16-8-9-18(24(16)17-6-4-3-5-7-17)14-22-23-21(25)15-27-20-12-10-19(26-2)11-13-20/h3-14H,15H2,1-2H3,(H,23,25)/b22-14-. The fourth-order valence-corrected chi connectivity index (χ4v) is 3.30. The maximum Gasteiger partial charge on any atom is 0.250 e. The van der Waals surface area contributed by atoms with Crippen LogP contribution in [0.4, 0.5) is 0 Å². The van der Waals surface area contributed by atoms with Gasteiger partial charge in [0.1, 0.15) is 5.75 Å². The molecule has 0 spiro atoms. The molecular formula is C21H21N3O2S. The SMILES string of the molecule is COc1ccc(SCC(=O)N/N=C\c2ccc(C)n2-c2ccccc2)cc1. The molecule has 0 aliphatic rings. The van der Waals surface area contributed by atoms with Crippen molar-refractivity contribution in [2.75, 3.05) is 12.9 Å². The van der Waals surface area contributed by atoms with Gasteiger partial charge >= 0.3 is 0 Å². The van der Waals surface area contributed by atoms with E-state index >= 15 is 0 Å². The Kier molecular flexibility index (Phi) is 6.33. The van der Waals surface area contributed by atoms with E-state index in [1.54, 1.807) is 13.3 Å². The summed E-state index contributed by atoms with van der Waals surface area (Å²) in [4.78, 5) is 13.0. The molecule has 0 unspecified atom stereocenters. The Morgan fingerprint density at radius 3 is 2.56 bits per heavy atom. The molecule has 1 aromatic heterocycles. The van der Waals surface area contributed by atoms with E-state index in [1.165, 1.54) is 11.8 Å². The van der Waals surface area contributed by atoms with Gasteiger partial charge in [-0.1, -0.05) is 18.2 Å². The van der Waals surface area contributed by atoms with E-state index in [9.17, 15) is 4.79 Å². The Morgan fingerprint density at radius 2 is 1.85 bits per heavy atom. The number of nitrogens with one attached hydrogen (secondary N) is 1. The number of carbonyl (C=O) groups excluding carboxylic acids is 1. The quantitative estimate of drug-likeness (QED) is 0.383. The summed E-state index contributed by atoms with van der Waals surface area (Å²) in [6.07, 6.45) is 1.66. The number of hydrazone groups is 1. The summed E-state index contributed by atoms with van der Waals surface area (Å²) >= 11 is 1.45. The van der Waals surface area contributed by atoms with Crippen LogP contribution in [0.1, 0.15) is 11.4 Å². The van der Waals surface area contributed by atoms with E-state index in [2.05, 4.69) is 15.1 Å². The Balaban J connectivity index is 1.57. The molecule has 0 saturated carbocycles. The number of aryl methyl sites for hydroxylation is 1. The monoisotopic (exact) mass is 379 g/mol. The summed E-state index contributed by atoms with van der Waals surface area (Å²) in [5.74, 6) is 0.939. The molecule has 138 valence electrons. The molecule has 0 atom stereocenters. The zero-order valence-corrected chi connectivity index (χ0v) is 16.1. The minimum atomic E-state index is -0.151. The number of amides is 1. The third kappa shape index (κ3) is 5.01. The van der Waals surface area contributed by atoms with E-state index in [-0.39, 0.29) is 5.91 Å². The molecule has 0 radical (unpaired) electrons. The van der Waals surface area contributed by atoms with Crippen molar-refractivity contribution in [1.29, 1.82) is 0 Å². The van der Waals surface area contributed by atoms with Crippen LogP contribution in [-0.2, 0) is 4.79 Å². The van der Waals surface area contributed by atoms with Crippen molar-refractivity contribution in [1.82, 2.24) is 9.99 Å². The highest BCUT2D eigenvalue weighted by atomic mass is 32.2. The highest BCUT2D eigenvalue weighted by molar-refractivity contribution is 8.00. The normalized spacial score (nSPS) is 10.9. The average molecular weight is 379 g/mol. The third-order valence-electron chi connectivity index (χ3n) is 3.94. The van der Waals surface area contributed by atoms with Gasteiger partial charge in [-0.05, 0) is 55.5 Å². The second-order valence-corrected chi connectivity index (χ2v) is 6.88. The number of carbonyl (C=O) groups is 1. The Bertz CT molecular complexity index is 918. The predicted molar refractivity (Wildman–Crippen MR) is 110 cm³/mol. The van der Waals surface area contributed by atoms with Crippen LogP contribution in [0.5, 0.6) is 5.75 Å². The average Bonchev–Trinajstić information content (AvgIpc) is 3.08. The van der Waals surface area contributed by atoms with E-state index in [4.69, 9.17) is 4.74 Å². The maximum atomic E-state index is 12.0. The van der Waals surface area contributed by atoms with Crippen molar-refractivity contribution in [2.24, 2.45) is 5.10 Å². The number of hydrogen-bond donors (Lipinski definition) is 1. The Labute approximate surface area is 163 Å². The van der Waals surface area contributed by atoms with Crippen LogP contribution in [0.3, 0.4) is 0 Å². The van der Waals surface area contributed by atoms with Crippen molar-refractivity contribution in [3.05, 3.63) is 78.1 Å². The largest absolute Gasteiger partial charge is 0.497 e. The molecule has 6 heteroatoms. The summed E-state index contributed by atoms with van der Waals surface area (Å²) in [6, 6.07) is 21.6. The van der Waals surface area contributed by atoms with Crippen molar-refractivity contribution in [2.45, 2.75) is 11.8 Å². The second-order valence-electron chi connectivity index (χ2n) is 5.83. The van der Waals surface area contributed by atoms with E-state index < -0.39 is 0 Å². The van der Waals surface area contributed by atoms with Crippen LogP contribution in [0.25, 0.3) is 5.69 Å². The molecule has 2 aromatic carbocycles. The molecule has 3 aromatic rings. The smallest absolute Gasteiger partial charge is 0.250 e. The van der Waals surface area contributed by atoms with Gasteiger partial charge < -0.3 is 9.30 Å². The van der Waals surface area contributed by atoms with Gasteiger partial charge in [0.25, 0.3) is 0 Å². The van der Waals surface area contributed by atoms with Crippen LogP contribution < -0.4 is 10.2 Å². The van der Waals surface area contributed by atoms with Gasteiger partial charge in [0, 0.05) is 16.3 Å². The molecular weight excluding hydrogens is 358 g/mol. The lowest BCUT2D eigenvalue weighted by atomic mass is 10.3. The fraction of sp³-hybridized carbons (Fsp3) is 0.143. The lowest BCUT2D eigenvalue weighted by molar-refractivity contribution is -0.118. The van der Waals surface area contributed by atoms with E-state index in [0.29, 0.717) is 5.75 Å². The van der Waals surface area contributed by atoms with Gasteiger partial charge in [-0.25, -0.2) is 5.43 Å². The molecule has 0 aliphatic carbocycles. The number of benzene rings is 2. The lowest BCUT2D eigenvalue weighted by Crippen LogP contribution is -2.19. The topological polar surface area (TPSA) is 55.6 Å². The number of ether oxygens (including phenoxy) is 1. The molecule has 1 N–H and O–H groups in total. The third-order valence-corrected chi connectivity index (χ3v) is 4.95. The highest BCUT2D eigenvalue weighted by Crippen LogP contribution is 2.21. The van der Waals surface area contributed by atoms with Gasteiger partial charge in [-0.2, -0.15) is 5.10 Å². The number of rotatable bonds is 7. The zero-order chi connectivity index (χ0) is 19.1. The number of hydrogen-bond acceptors (Lipinski definition) is 4. The van der Waals surface area contributed by atoms with Crippen LogP contribution in [0.15, 0.2) is 76.7 Å². The van der Waals surface area contributed by atoms with Gasteiger partial charge in [-0.15, -0.1) is 11.8 Å². The number of thioether (sulfide) groups is 1. The lowest BCUT2D eigenvalue weighted by Gasteiger charge is -2.08. The summed E-state index contributed by atoms with van der Waals surface area (Å²) in [6.45, 7) is 2.04. The number of nitrogens with zero attached hydrogens (tertiary/aromatic N) is 2. The number of aromatic nitrogens is 1. The molecule has 0 bridgehead atoms. The predicted octanol–water partition coefficient (Wildman–Crippen LogP) is 4.04. The Morgan fingerprint density at radius 1 is 1.11 bits per heavy atom. The first-order valence-corrected chi connectivity index (χ1v) is 9.48. The minimum Gasteiger partial charge on any atom is -0.497 e. The molecule has 0 fully saturated rings. The summed E-state index contributed by atoms with van der Waals surface area (Å²) in [7, 11) is 1.63. The summed E-state index contributed by atoms with van der Waals surface area (Å²) in [5.41, 5.74) is 5.65. The van der Waals surface area contributed by atoms with Crippen LogP contribution in [-0.4, -0.2) is 29.6 Å². The molecule has 3 rings (SSSR count). The number of methoxy groups -OCH3 is 1. The molecule has 0 saturated heterocycles.